The van der Waals surface area contributed by atoms with Crippen LogP contribution in [0.25, 0.3) is 0 Å². The Hall–Kier alpha value is -3.86. The molecule has 0 N–H and O–H groups in total. The van der Waals surface area contributed by atoms with Gasteiger partial charge in [-0.25, -0.2) is 0 Å². The third-order valence-electron chi connectivity index (χ3n) is 8.99. The van der Waals surface area contributed by atoms with E-state index in [1.807, 2.05) is 72.8 Å². The quantitative estimate of drug-likeness (QED) is 0.0937. The fourth-order valence-corrected chi connectivity index (χ4v) is 7.13. The Morgan fingerprint density at radius 2 is 0.556 bits per heavy atom. The topological polar surface area (TPSA) is 36.9 Å². The van der Waals surface area contributed by atoms with Crippen molar-refractivity contribution >= 4 is 6.15 Å². The molecule has 0 heterocycles. The van der Waals surface area contributed by atoms with Gasteiger partial charge in [0.05, 0.1) is 0 Å². The first-order valence-electron chi connectivity index (χ1n) is 17.2. The van der Waals surface area contributed by atoms with Gasteiger partial charge in [0.25, 0.3) is 0 Å². The molecule has 0 amide bonds. The number of rotatable bonds is 20. The normalized spacial score (nSPS) is 15.2. The van der Waals surface area contributed by atoms with Crippen molar-refractivity contribution in [3.63, 3.8) is 0 Å². The maximum Gasteiger partial charge on any atom is 0.176 e. The van der Waals surface area contributed by atoms with Gasteiger partial charge < -0.3 is 18.9 Å². The van der Waals surface area contributed by atoms with Crippen LogP contribution in [0, 0.1) is 0 Å². The Morgan fingerprint density at radius 3 is 0.733 bits per heavy atom. The van der Waals surface area contributed by atoms with Crippen molar-refractivity contribution in [1.82, 2.24) is 0 Å². The van der Waals surface area contributed by atoms with E-state index in [-0.39, 0.29) is 24.0 Å². The van der Waals surface area contributed by atoms with E-state index < -0.39 is 6.15 Å². The Bertz CT molecular complexity index is 1110. The zero-order valence-corrected chi connectivity index (χ0v) is 27.7. The number of hydrogen-bond donors (Lipinski definition) is 0. The van der Waals surface area contributed by atoms with E-state index in [2.05, 4.69) is 76.2 Å². The third-order valence-corrected chi connectivity index (χ3v) is 8.99. The Labute approximate surface area is 272 Å². The molecule has 0 aliphatic rings. The van der Waals surface area contributed by atoms with E-state index in [9.17, 15) is 0 Å². The lowest BCUT2D eigenvalue weighted by atomic mass is 9.11. The van der Waals surface area contributed by atoms with E-state index in [4.69, 9.17) is 18.9 Å². The summed E-state index contributed by atoms with van der Waals surface area (Å²) in [5.74, 6) is 3.45. The lowest BCUT2D eigenvalue weighted by Gasteiger charge is -2.58. The average Bonchev–Trinajstić information content (AvgIpc) is 3.07. The summed E-state index contributed by atoms with van der Waals surface area (Å²) in [5.41, 5.74) is 0. The van der Waals surface area contributed by atoms with Crippen LogP contribution in [0.2, 0.25) is 0 Å². The minimum atomic E-state index is -1.74. The fourth-order valence-electron chi connectivity index (χ4n) is 7.13. The molecule has 0 radical (unpaired) electrons. The molecule has 5 heteroatoms. The molecule has 45 heavy (non-hydrogen) atoms. The first-order chi connectivity index (χ1) is 22.1. The number of benzene rings is 4. The summed E-state index contributed by atoms with van der Waals surface area (Å²) in [6.45, 7) is 8.98. The van der Waals surface area contributed by atoms with Gasteiger partial charge in [0.1, 0.15) is 23.0 Å². The summed E-state index contributed by atoms with van der Waals surface area (Å²) in [6, 6.07) is 40.3. The highest BCUT2D eigenvalue weighted by atomic mass is 16.5. The van der Waals surface area contributed by atoms with E-state index in [1.165, 1.54) is 0 Å². The van der Waals surface area contributed by atoms with Crippen molar-refractivity contribution in [3.05, 3.63) is 121 Å². The molecule has 0 saturated carbocycles. The molecule has 0 bridgehead atoms. The largest absolute Gasteiger partial charge is 0.528 e. The van der Waals surface area contributed by atoms with Crippen LogP contribution in [-0.2, 0) is 0 Å². The molecule has 0 saturated heterocycles. The molecule has 4 atom stereocenters. The number of para-hydroxylation sites is 4. The Morgan fingerprint density at radius 1 is 0.356 bits per heavy atom. The summed E-state index contributed by atoms with van der Waals surface area (Å²) in [6.07, 6.45) is 5.49. The van der Waals surface area contributed by atoms with Crippen molar-refractivity contribution in [1.29, 1.82) is 0 Å². The first kappa shape index (κ1) is 34.0. The van der Waals surface area contributed by atoms with E-state index in [0.29, 0.717) is 0 Å². The Kier molecular flexibility index (Phi) is 13.8. The van der Waals surface area contributed by atoms with E-state index >= 15 is 0 Å². The van der Waals surface area contributed by atoms with Gasteiger partial charge in [0.15, 0.2) is 6.15 Å². The lowest BCUT2D eigenvalue weighted by molar-refractivity contribution is 0.135. The van der Waals surface area contributed by atoms with Gasteiger partial charge in [-0.05, 0) is 98.2 Å². The van der Waals surface area contributed by atoms with Gasteiger partial charge >= 0.3 is 0 Å². The lowest BCUT2D eigenvalue weighted by Crippen LogP contribution is -2.77. The van der Waals surface area contributed by atoms with E-state index in [0.717, 1.165) is 74.4 Å². The minimum absolute atomic E-state index is 0.196. The van der Waals surface area contributed by atoms with Crippen LogP contribution >= 0.6 is 0 Å². The zero-order valence-electron chi connectivity index (χ0n) is 27.7. The van der Waals surface area contributed by atoms with Crippen LogP contribution < -0.4 is 18.9 Å². The molecular weight excluding hydrogens is 555 g/mol. The van der Waals surface area contributed by atoms with Crippen molar-refractivity contribution in [2.24, 2.45) is 0 Å². The van der Waals surface area contributed by atoms with Gasteiger partial charge in [-0.2, -0.15) is 0 Å². The number of hydrogen-bond acceptors (Lipinski definition) is 4. The molecule has 4 aromatic carbocycles. The summed E-state index contributed by atoms with van der Waals surface area (Å²) in [7, 11) is 0. The SMILES string of the molecule is CCCC(Oc1ccccc1)[B-](C(CCC)Oc1ccccc1)(C(CCC)Oc1ccccc1)C(CCC)Oc1ccccc1. The molecule has 0 spiro atoms. The fraction of sp³-hybridized carbons (Fsp3) is 0.400. The Balaban J connectivity index is 2.02. The summed E-state index contributed by atoms with van der Waals surface area (Å²) >= 11 is 0. The van der Waals surface area contributed by atoms with Crippen molar-refractivity contribution in [2.45, 2.75) is 103 Å². The zero-order chi connectivity index (χ0) is 31.7. The molecular formula is C40H52BO4-. The molecule has 4 nitrogen and oxygen atoms in total. The van der Waals surface area contributed by atoms with Gasteiger partial charge in [0.2, 0.25) is 0 Å². The molecule has 0 aromatic heterocycles. The molecule has 0 aliphatic heterocycles. The predicted molar refractivity (Wildman–Crippen MR) is 189 cm³/mol. The average molecular weight is 608 g/mol. The van der Waals surface area contributed by atoms with Crippen LogP contribution in [-0.4, -0.2) is 30.2 Å². The van der Waals surface area contributed by atoms with Gasteiger partial charge in [-0.15, -0.1) is 0 Å². The van der Waals surface area contributed by atoms with Crippen molar-refractivity contribution in [3.8, 4) is 23.0 Å². The van der Waals surface area contributed by atoms with Crippen molar-refractivity contribution in [2.75, 3.05) is 0 Å². The monoisotopic (exact) mass is 607 g/mol. The molecule has 4 rings (SSSR count). The van der Waals surface area contributed by atoms with Crippen LogP contribution in [0.5, 0.6) is 23.0 Å². The molecule has 4 aromatic rings. The molecule has 4 unspecified atom stereocenters. The highest BCUT2D eigenvalue weighted by molar-refractivity contribution is 6.84. The van der Waals surface area contributed by atoms with Crippen molar-refractivity contribution < 1.29 is 18.9 Å². The van der Waals surface area contributed by atoms with Gasteiger partial charge in [0, 0.05) is 0 Å². The first-order valence-corrected chi connectivity index (χ1v) is 17.2. The van der Waals surface area contributed by atoms with Gasteiger partial charge in [-0.3, -0.25) is 0 Å². The summed E-state index contributed by atoms with van der Waals surface area (Å²) < 4.78 is 28.8. The number of ether oxygens (including phenoxy) is 4. The van der Waals surface area contributed by atoms with Crippen LogP contribution in [0.3, 0.4) is 0 Å². The minimum Gasteiger partial charge on any atom is -0.528 e. The molecule has 240 valence electrons. The predicted octanol–water partition coefficient (Wildman–Crippen LogP) is 10.6. The summed E-state index contributed by atoms with van der Waals surface area (Å²) in [5, 5.41) is 0. The third kappa shape index (κ3) is 9.09. The van der Waals surface area contributed by atoms with Crippen LogP contribution in [0.15, 0.2) is 121 Å². The van der Waals surface area contributed by atoms with E-state index in [1.54, 1.807) is 0 Å². The maximum atomic E-state index is 7.20. The molecule has 0 fully saturated rings. The summed E-state index contributed by atoms with van der Waals surface area (Å²) in [4.78, 5) is 0. The second kappa shape index (κ2) is 18.2. The highest BCUT2D eigenvalue weighted by Crippen LogP contribution is 2.40. The molecule has 0 aliphatic carbocycles. The van der Waals surface area contributed by atoms with Crippen LogP contribution in [0.4, 0.5) is 0 Å². The standard InChI is InChI=1S/C40H52BO4/c1-5-21-37(42-33-25-13-9-14-26-33)41(38(22-6-2)43-34-27-15-10-16-28-34,39(23-7-3)44-35-29-17-11-18-30-35)40(24-8-4)45-36-31-19-12-20-32-36/h9-20,25-32,37-40H,5-8,21-24H2,1-4H3/q-1. The smallest absolute Gasteiger partial charge is 0.176 e. The second-order valence-corrected chi connectivity index (χ2v) is 12.2. The maximum absolute atomic E-state index is 7.20. The second-order valence-electron chi connectivity index (χ2n) is 12.2. The highest BCUT2D eigenvalue weighted by Gasteiger charge is 2.55. The van der Waals surface area contributed by atoms with Crippen LogP contribution in [0.1, 0.15) is 79.1 Å². The van der Waals surface area contributed by atoms with Gasteiger partial charge in [-0.1, -0.05) is 126 Å².